The third-order valence-corrected chi connectivity index (χ3v) is 4.78. The molecule has 2 heteroatoms. The van der Waals surface area contributed by atoms with Crippen LogP contribution >= 0.6 is 0 Å². The number of anilines is 1. The highest BCUT2D eigenvalue weighted by molar-refractivity contribution is 5.47. The van der Waals surface area contributed by atoms with Crippen molar-refractivity contribution in [3.05, 3.63) is 29.8 Å². The van der Waals surface area contributed by atoms with Gasteiger partial charge in [0.05, 0.1) is 0 Å². The second-order valence-corrected chi connectivity index (χ2v) is 6.92. The molecule has 0 amide bonds. The maximum atomic E-state index is 3.44. The van der Waals surface area contributed by atoms with E-state index in [-0.39, 0.29) is 0 Å². The van der Waals surface area contributed by atoms with Gasteiger partial charge in [-0.05, 0) is 44.9 Å². The van der Waals surface area contributed by atoms with E-state index < -0.39 is 0 Å². The Balaban J connectivity index is 2.09. The minimum atomic E-state index is 0.437. The number of nitrogens with zero attached hydrogens (tertiary/aromatic N) is 1. The first kappa shape index (κ1) is 15.4. The number of rotatable bonds is 5. The first-order chi connectivity index (χ1) is 9.54. The molecular weight excluding hydrogens is 244 g/mol. The molecule has 1 saturated carbocycles. The van der Waals surface area contributed by atoms with Crippen LogP contribution in [0.4, 0.5) is 5.69 Å². The molecule has 1 aromatic rings. The lowest BCUT2D eigenvalue weighted by atomic mass is 9.69. The average Bonchev–Trinajstić information content (AvgIpc) is 2.39. The molecule has 0 radical (unpaired) electrons. The van der Waals surface area contributed by atoms with Crippen LogP contribution in [0.3, 0.4) is 0 Å². The van der Waals surface area contributed by atoms with Crippen LogP contribution in [0, 0.1) is 18.3 Å². The predicted octanol–water partition coefficient (Wildman–Crippen LogP) is 3.85. The van der Waals surface area contributed by atoms with Gasteiger partial charge in [0.1, 0.15) is 0 Å². The molecular formula is C18H30N2. The van der Waals surface area contributed by atoms with Crippen molar-refractivity contribution in [1.29, 1.82) is 0 Å². The summed E-state index contributed by atoms with van der Waals surface area (Å²) in [6, 6.07) is 8.91. The van der Waals surface area contributed by atoms with Crippen LogP contribution in [0.25, 0.3) is 0 Å². The maximum absolute atomic E-state index is 3.44. The van der Waals surface area contributed by atoms with Gasteiger partial charge in [0.25, 0.3) is 0 Å². The predicted molar refractivity (Wildman–Crippen MR) is 88.4 cm³/mol. The SMILES string of the molecule is CNCC1(CN(C)c2ccc(C)cc2)CCCC(C)C1. The van der Waals surface area contributed by atoms with Gasteiger partial charge in [-0.15, -0.1) is 0 Å². The topological polar surface area (TPSA) is 15.3 Å². The molecule has 1 aliphatic rings. The lowest BCUT2D eigenvalue weighted by Crippen LogP contribution is -2.45. The highest BCUT2D eigenvalue weighted by atomic mass is 15.1. The summed E-state index contributed by atoms with van der Waals surface area (Å²) in [7, 11) is 4.33. The fourth-order valence-corrected chi connectivity index (χ4v) is 3.90. The van der Waals surface area contributed by atoms with E-state index in [0.717, 1.165) is 19.0 Å². The highest BCUT2D eigenvalue weighted by Gasteiger charge is 2.35. The number of nitrogens with one attached hydrogen (secondary N) is 1. The fraction of sp³-hybridized carbons (Fsp3) is 0.667. The van der Waals surface area contributed by atoms with Gasteiger partial charge >= 0.3 is 0 Å². The zero-order valence-electron chi connectivity index (χ0n) is 13.6. The zero-order valence-corrected chi connectivity index (χ0v) is 13.6. The van der Waals surface area contributed by atoms with Crippen molar-refractivity contribution in [3.63, 3.8) is 0 Å². The molecule has 2 unspecified atom stereocenters. The maximum Gasteiger partial charge on any atom is 0.0363 e. The van der Waals surface area contributed by atoms with E-state index in [0.29, 0.717) is 5.41 Å². The van der Waals surface area contributed by atoms with E-state index >= 15 is 0 Å². The van der Waals surface area contributed by atoms with Crippen molar-refractivity contribution in [2.24, 2.45) is 11.3 Å². The molecule has 0 saturated heterocycles. The molecule has 0 bridgehead atoms. The molecule has 0 heterocycles. The summed E-state index contributed by atoms with van der Waals surface area (Å²) in [5, 5.41) is 3.44. The van der Waals surface area contributed by atoms with E-state index in [1.54, 1.807) is 0 Å². The summed E-state index contributed by atoms with van der Waals surface area (Å²) in [6.07, 6.45) is 5.49. The van der Waals surface area contributed by atoms with Gasteiger partial charge in [-0.2, -0.15) is 0 Å². The van der Waals surface area contributed by atoms with Gasteiger partial charge < -0.3 is 10.2 Å². The van der Waals surface area contributed by atoms with E-state index in [1.807, 2.05) is 0 Å². The lowest BCUT2D eigenvalue weighted by Gasteiger charge is -2.43. The number of benzene rings is 1. The molecule has 1 aliphatic carbocycles. The molecule has 0 spiro atoms. The smallest absolute Gasteiger partial charge is 0.0363 e. The van der Waals surface area contributed by atoms with Gasteiger partial charge in [0.15, 0.2) is 0 Å². The van der Waals surface area contributed by atoms with Crippen LogP contribution in [-0.4, -0.2) is 27.2 Å². The van der Waals surface area contributed by atoms with Gasteiger partial charge in [-0.25, -0.2) is 0 Å². The number of aryl methyl sites for hydroxylation is 1. The Morgan fingerprint density at radius 1 is 1.30 bits per heavy atom. The van der Waals surface area contributed by atoms with Crippen molar-refractivity contribution in [1.82, 2.24) is 5.32 Å². The Labute approximate surface area is 124 Å². The standard InChI is InChI=1S/C18H30N2/c1-15-7-9-17(10-8-15)20(4)14-18(13-19-3)11-5-6-16(2)12-18/h7-10,16,19H,5-6,11-14H2,1-4H3. The normalized spacial score (nSPS) is 26.5. The molecule has 2 nitrogen and oxygen atoms in total. The van der Waals surface area contributed by atoms with E-state index in [9.17, 15) is 0 Å². The van der Waals surface area contributed by atoms with E-state index in [2.05, 4.69) is 62.4 Å². The lowest BCUT2D eigenvalue weighted by molar-refractivity contribution is 0.152. The molecule has 0 aromatic heterocycles. The van der Waals surface area contributed by atoms with Gasteiger partial charge in [0, 0.05) is 31.2 Å². The minimum absolute atomic E-state index is 0.437. The van der Waals surface area contributed by atoms with E-state index in [4.69, 9.17) is 0 Å². The molecule has 112 valence electrons. The van der Waals surface area contributed by atoms with E-state index in [1.165, 1.54) is 36.9 Å². The highest BCUT2D eigenvalue weighted by Crippen LogP contribution is 2.40. The van der Waals surface area contributed by atoms with Crippen LogP contribution in [0.1, 0.15) is 38.2 Å². The first-order valence-electron chi connectivity index (χ1n) is 7.97. The Kier molecular flexibility index (Phi) is 5.09. The number of hydrogen-bond acceptors (Lipinski definition) is 2. The van der Waals surface area contributed by atoms with Crippen molar-refractivity contribution in [2.45, 2.75) is 39.5 Å². The molecule has 0 aliphatic heterocycles. The first-order valence-corrected chi connectivity index (χ1v) is 7.97. The van der Waals surface area contributed by atoms with Crippen molar-refractivity contribution < 1.29 is 0 Å². The van der Waals surface area contributed by atoms with Gasteiger partial charge in [-0.3, -0.25) is 0 Å². The molecule has 1 N–H and O–H groups in total. The van der Waals surface area contributed by atoms with Crippen LogP contribution in [0.15, 0.2) is 24.3 Å². The Morgan fingerprint density at radius 3 is 2.60 bits per heavy atom. The second-order valence-electron chi connectivity index (χ2n) is 6.92. The van der Waals surface area contributed by atoms with Crippen LogP contribution in [0.5, 0.6) is 0 Å². The largest absolute Gasteiger partial charge is 0.374 e. The summed E-state index contributed by atoms with van der Waals surface area (Å²) >= 11 is 0. The summed E-state index contributed by atoms with van der Waals surface area (Å²) in [4.78, 5) is 2.44. The summed E-state index contributed by atoms with van der Waals surface area (Å²) in [6.45, 7) is 6.85. The van der Waals surface area contributed by atoms with Crippen molar-refractivity contribution in [3.8, 4) is 0 Å². The molecule has 2 atom stereocenters. The average molecular weight is 274 g/mol. The monoisotopic (exact) mass is 274 g/mol. The quantitative estimate of drug-likeness (QED) is 0.877. The molecule has 2 rings (SSSR count). The molecule has 1 fully saturated rings. The van der Waals surface area contributed by atoms with Crippen LogP contribution in [-0.2, 0) is 0 Å². The Hall–Kier alpha value is -1.02. The number of hydrogen-bond donors (Lipinski definition) is 1. The molecule has 1 aromatic carbocycles. The van der Waals surface area contributed by atoms with Crippen LogP contribution in [0.2, 0.25) is 0 Å². The summed E-state index contributed by atoms with van der Waals surface area (Å²) in [5.41, 5.74) is 3.11. The van der Waals surface area contributed by atoms with Crippen molar-refractivity contribution in [2.75, 3.05) is 32.1 Å². The van der Waals surface area contributed by atoms with Crippen molar-refractivity contribution >= 4 is 5.69 Å². The second kappa shape index (κ2) is 6.62. The zero-order chi connectivity index (χ0) is 14.6. The molecule has 20 heavy (non-hydrogen) atoms. The Morgan fingerprint density at radius 2 is 2.00 bits per heavy atom. The van der Waals surface area contributed by atoms with Gasteiger partial charge in [0.2, 0.25) is 0 Å². The minimum Gasteiger partial charge on any atom is -0.374 e. The third-order valence-electron chi connectivity index (χ3n) is 4.78. The van der Waals surface area contributed by atoms with Crippen LogP contribution < -0.4 is 10.2 Å². The fourth-order valence-electron chi connectivity index (χ4n) is 3.90. The summed E-state index contributed by atoms with van der Waals surface area (Å²) in [5.74, 6) is 0.864. The Bertz CT molecular complexity index is 408. The third kappa shape index (κ3) is 3.76. The van der Waals surface area contributed by atoms with Gasteiger partial charge in [-0.1, -0.05) is 37.5 Å². The summed E-state index contributed by atoms with van der Waals surface area (Å²) < 4.78 is 0.